The van der Waals surface area contributed by atoms with Crippen molar-refractivity contribution in [3.63, 3.8) is 0 Å². The molecular formula is C52H62F6FeP2. The predicted octanol–water partition coefficient (Wildman–Crippen LogP) is 14.6. The second-order valence-corrected chi connectivity index (χ2v) is 21.3. The summed E-state index contributed by atoms with van der Waals surface area (Å²) in [6.07, 6.45) is 0.726. The van der Waals surface area contributed by atoms with E-state index in [0.29, 0.717) is 5.66 Å². The Morgan fingerprint density at radius 2 is 0.984 bits per heavy atom. The Balaban J connectivity index is 0.00000116. The van der Waals surface area contributed by atoms with Crippen LogP contribution >= 0.6 is 15.8 Å². The zero-order valence-corrected chi connectivity index (χ0v) is 40.0. The van der Waals surface area contributed by atoms with Crippen LogP contribution in [0.2, 0.25) is 0 Å². The molecule has 2 fully saturated rings. The van der Waals surface area contributed by atoms with E-state index >= 15 is 0 Å². The van der Waals surface area contributed by atoms with E-state index in [9.17, 15) is 26.3 Å². The van der Waals surface area contributed by atoms with Crippen LogP contribution < -0.4 is 26.5 Å². The third-order valence-electron chi connectivity index (χ3n) is 11.8. The summed E-state index contributed by atoms with van der Waals surface area (Å²) < 4.78 is 85.8. The van der Waals surface area contributed by atoms with Gasteiger partial charge in [0, 0.05) is 0 Å². The maximum Gasteiger partial charge on any atom is 2.00 e. The molecule has 0 aromatic heterocycles. The minimum atomic E-state index is -4.94. The second kappa shape index (κ2) is 22.1. The molecule has 5 aromatic carbocycles. The topological polar surface area (TPSA) is 0 Å². The van der Waals surface area contributed by atoms with Gasteiger partial charge in [-0.05, 0) is 144 Å². The number of aryl methyl sites for hydroxylation is 6. The molecule has 4 atom stereocenters. The molecule has 2 aliphatic rings. The molecule has 7 rings (SSSR count). The molecule has 0 radical (unpaired) electrons. The largest absolute Gasteiger partial charge is 2.00 e. The molecule has 2 aliphatic carbocycles. The average Bonchev–Trinajstić information content (AvgIpc) is 3.89. The molecule has 0 bridgehead atoms. The molecular weight excluding hydrogens is 856 g/mol. The molecule has 0 nitrogen and oxygen atoms in total. The quantitative estimate of drug-likeness (QED) is 0.0630. The van der Waals surface area contributed by atoms with Crippen LogP contribution in [0.15, 0.2) is 97.1 Å². The third kappa shape index (κ3) is 12.8. The number of rotatable bonds is 8. The van der Waals surface area contributed by atoms with Crippen molar-refractivity contribution in [3.8, 4) is 0 Å². The fourth-order valence-corrected chi connectivity index (χ4v) is 15.8. The Morgan fingerprint density at radius 1 is 0.508 bits per heavy atom. The summed E-state index contributed by atoms with van der Waals surface area (Å²) in [7, 11) is -2.59. The molecule has 0 heterocycles. The molecule has 4 unspecified atom stereocenters. The number of alkyl halides is 6. The van der Waals surface area contributed by atoms with Gasteiger partial charge in [-0.3, -0.25) is 0 Å². The zero-order valence-electron chi connectivity index (χ0n) is 37.1. The fourth-order valence-electron chi connectivity index (χ4n) is 9.21. The van der Waals surface area contributed by atoms with Crippen LogP contribution in [0.3, 0.4) is 0 Å². The smallest absolute Gasteiger partial charge is 0.358 e. The van der Waals surface area contributed by atoms with Crippen molar-refractivity contribution in [2.45, 2.75) is 124 Å². The van der Waals surface area contributed by atoms with Crippen molar-refractivity contribution in [2.24, 2.45) is 5.92 Å². The average molecular weight is 919 g/mol. The first-order valence-electron chi connectivity index (χ1n) is 20.6. The van der Waals surface area contributed by atoms with Crippen molar-refractivity contribution in [2.75, 3.05) is 0 Å². The van der Waals surface area contributed by atoms with Gasteiger partial charge in [-0.15, -0.1) is 0 Å². The van der Waals surface area contributed by atoms with Gasteiger partial charge in [-0.1, -0.05) is 152 Å². The summed E-state index contributed by atoms with van der Waals surface area (Å²) in [5.74, 6) is 0.259. The molecule has 0 aliphatic heterocycles. The Labute approximate surface area is 375 Å². The van der Waals surface area contributed by atoms with E-state index in [4.69, 9.17) is 0 Å². The van der Waals surface area contributed by atoms with Gasteiger partial charge in [-0.25, -0.2) is 0 Å². The number of hydrogen-bond acceptors (Lipinski definition) is 0. The van der Waals surface area contributed by atoms with Crippen LogP contribution in [0, 0.1) is 62.3 Å². The van der Waals surface area contributed by atoms with Crippen molar-refractivity contribution < 1.29 is 43.4 Å². The number of hydrogen-bond donors (Lipinski definition) is 0. The van der Waals surface area contributed by atoms with Crippen molar-refractivity contribution in [3.05, 3.63) is 162 Å². The molecule has 0 spiro atoms. The monoisotopic (exact) mass is 918 g/mol. The summed E-state index contributed by atoms with van der Waals surface area (Å²) in [6, 6.07) is 29.5. The Bertz CT molecular complexity index is 2070. The Morgan fingerprint density at radius 3 is 1.46 bits per heavy atom. The molecule has 2 saturated carbocycles. The Kier molecular flexibility index (Phi) is 19.0. The molecule has 61 heavy (non-hydrogen) atoms. The van der Waals surface area contributed by atoms with Gasteiger partial charge in [0.15, 0.2) is 0 Å². The van der Waals surface area contributed by atoms with Crippen molar-refractivity contribution >= 4 is 42.4 Å². The van der Waals surface area contributed by atoms with Crippen LogP contribution in [0.1, 0.15) is 114 Å². The van der Waals surface area contributed by atoms with Gasteiger partial charge in [-0.2, -0.15) is 26.3 Å². The van der Waals surface area contributed by atoms with Crippen LogP contribution in [-0.2, 0) is 29.4 Å². The molecule has 0 saturated heterocycles. The fraction of sp³-hybridized carbons (Fsp3) is 0.385. The Hall–Kier alpha value is -2.94. The number of halogens is 6. The SMILES string of the molecule is C1CCCC1.Cc1cc(C)cc(P(c2cc(C)cc(C)c2)C2CCCC2C(C)c2ccccc2P(c2cc(C(F)(F)F)cc(C(F)(F)F)c2)c2cc(C)ccc2C)c1.[CH3-].[CH3-].[Fe+2]. The van der Waals surface area contributed by atoms with Crippen LogP contribution in [0.5, 0.6) is 0 Å². The van der Waals surface area contributed by atoms with Gasteiger partial charge in [0.2, 0.25) is 0 Å². The minimum absolute atomic E-state index is 0. The van der Waals surface area contributed by atoms with Crippen molar-refractivity contribution in [1.82, 2.24) is 0 Å². The van der Waals surface area contributed by atoms with E-state index in [1.807, 2.05) is 50.2 Å². The zero-order chi connectivity index (χ0) is 41.9. The third-order valence-corrected chi connectivity index (χ3v) is 17.4. The van der Waals surface area contributed by atoms with Gasteiger partial charge >= 0.3 is 29.4 Å². The maximum atomic E-state index is 14.3. The summed E-state index contributed by atoms with van der Waals surface area (Å²) >= 11 is 0. The first-order chi connectivity index (χ1) is 27.4. The van der Waals surface area contributed by atoms with E-state index in [0.717, 1.165) is 58.7 Å². The summed E-state index contributed by atoms with van der Waals surface area (Å²) in [5.41, 5.74) is 5.41. The normalized spacial score (nSPS) is 17.3. The van der Waals surface area contributed by atoms with E-state index in [1.165, 1.54) is 65.0 Å². The summed E-state index contributed by atoms with van der Waals surface area (Å²) in [6.45, 7) is 14.6. The summed E-state index contributed by atoms with van der Waals surface area (Å²) in [5, 5.41) is 4.32. The predicted molar refractivity (Wildman–Crippen MR) is 248 cm³/mol. The molecule has 0 amide bonds. The summed E-state index contributed by atoms with van der Waals surface area (Å²) in [4.78, 5) is 0. The minimum Gasteiger partial charge on any atom is -0.358 e. The van der Waals surface area contributed by atoms with E-state index in [2.05, 4.69) is 77.1 Å². The van der Waals surface area contributed by atoms with Crippen LogP contribution in [-0.4, -0.2) is 5.66 Å². The van der Waals surface area contributed by atoms with Gasteiger partial charge in [0.05, 0.1) is 11.1 Å². The van der Waals surface area contributed by atoms with E-state index in [1.54, 1.807) is 0 Å². The second-order valence-electron chi connectivity index (χ2n) is 16.7. The first-order valence-corrected chi connectivity index (χ1v) is 23.4. The standard InChI is InChI=1S/C45H46F6P2.C5H10.2CH3.Fe/c1-27-15-16-32(6)43(23-27)53(38-25-34(44(46,47)48)24-35(26-38)45(49,50)51)42-13-9-8-11-39(42)33(7)40-12-10-14-41(40)52(36-19-28(2)17-29(3)20-36)37-21-30(4)18-31(5)22-37;1-2-4-5-3-1;;;/h8-9,11,13,15-26,33,40-41H,10,12,14H2,1-7H3;1-5H2;2*1H3;/q;;2*-1;+2. The van der Waals surface area contributed by atoms with Gasteiger partial charge in [0.25, 0.3) is 0 Å². The van der Waals surface area contributed by atoms with Crippen LogP contribution in [0.4, 0.5) is 26.3 Å². The maximum absolute atomic E-state index is 14.3. The first kappa shape index (κ1) is 52.4. The van der Waals surface area contributed by atoms with Gasteiger partial charge in [0.1, 0.15) is 0 Å². The molecule has 330 valence electrons. The van der Waals surface area contributed by atoms with Gasteiger partial charge < -0.3 is 14.9 Å². The number of benzene rings is 5. The molecule has 5 aromatic rings. The van der Waals surface area contributed by atoms with E-state index in [-0.39, 0.29) is 55.1 Å². The van der Waals surface area contributed by atoms with Crippen LogP contribution in [0.25, 0.3) is 0 Å². The van der Waals surface area contributed by atoms with Crippen molar-refractivity contribution in [1.29, 1.82) is 0 Å². The molecule has 0 N–H and O–H groups in total. The van der Waals surface area contributed by atoms with E-state index < -0.39 is 39.3 Å². The molecule has 9 heteroatoms.